The number of para-hydroxylation sites is 2. The van der Waals surface area contributed by atoms with Crippen molar-refractivity contribution in [1.82, 2.24) is 19.8 Å². The Labute approximate surface area is 181 Å². The smallest absolute Gasteiger partial charge is 0.225 e. The van der Waals surface area contributed by atoms with Crippen LogP contribution in [0.4, 0.5) is 10.1 Å². The molecule has 1 amide bonds. The van der Waals surface area contributed by atoms with Crippen molar-refractivity contribution >= 4 is 22.6 Å². The van der Waals surface area contributed by atoms with Gasteiger partial charge in [-0.25, -0.2) is 9.37 Å². The van der Waals surface area contributed by atoms with Crippen molar-refractivity contribution in [1.29, 1.82) is 0 Å². The van der Waals surface area contributed by atoms with E-state index in [0.29, 0.717) is 5.91 Å². The van der Waals surface area contributed by atoms with Crippen LogP contribution in [0, 0.1) is 11.7 Å². The monoisotopic (exact) mass is 421 g/mol. The largest absolute Gasteiger partial charge is 0.368 e. The van der Waals surface area contributed by atoms with E-state index in [9.17, 15) is 9.18 Å². The van der Waals surface area contributed by atoms with Crippen molar-refractivity contribution in [2.45, 2.75) is 19.4 Å². The molecular weight excluding hydrogens is 393 g/mol. The number of nitrogens with zero attached hydrogens (tertiary/aromatic N) is 4. The molecule has 0 aliphatic carbocycles. The van der Waals surface area contributed by atoms with Crippen LogP contribution < -0.4 is 4.90 Å². The Hall–Kier alpha value is -2.93. The van der Waals surface area contributed by atoms with Crippen molar-refractivity contribution in [3.05, 3.63) is 60.2 Å². The highest BCUT2D eigenvalue weighted by Crippen LogP contribution is 2.23. The lowest BCUT2D eigenvalue weighted by Crippen LogP contribution is -2.51. The number of aromatic amines is 1. The molecule has 2 saturated heterocycles. The second kappa shape index (κ2) is 8.67. The van der Waals surface area contributed by atoms with Gasteiger partial charge in [0.15, 0.2) is 0 Å². The zero-order valence-electron chi connectivity index (χ0n) is 17.6. The Morgan fingerprint density at radius 1 is 0.968 bits per heavy atom. The highest BCUT2D eigenvalue weighted by molar-refractivity contribution is 5.79. The third-order valence-corrected chi connectivity index (χ3v) is 6.53. The molecule has 0 bridgehead atoms. The standard InChI is InChI=1S/C24H28FN5O/c25-19-5-7-20(8-6-19)29-13-15-30(16-14-29)24(31)18-9-11-28(12-10-18)17-23-26-21-3-1-2-4-22(21)27-23/h1-8,18H,9-17H2,(H,26,27). The van der Waals surface area contributed by atoms with E-state index in [4.69, 9.17) is 0 Å². The maximum Gasteiger partial charge on any atom is 0.225 e. The molecule has 2 aromatic carbocycles. The summed E-state index contributed by atoms with van der Waals surface area (Å²) in [6, 6.07) is 14.7. The summed E-state index contributed by atoms with van der Waals surface area (Å²) in [6.07, 6.45) is 1.80. The van der Waals surface area contributed by atoms with Gasteiger partial charge in [0.1, 0.15) is 11.6 Å². The van der Waals surface area contributed by atoms with Crippen LogP contribution in [0.3, 0.4) is 0 Å². The molecule has 0 unspecified atom stereocenters. The lowest BCUT2D eigenvalue weighted by atomic mass is 9.95. The van der Waals surface area contributed by atoms with E-state index >= 15 is 0 Å². The topological polar surface area (TPSA) is 55.5 Å². The fourth-order valence-corrected chi connectivity index (χ4v) is 4.73. The molecule has 6 nitrogen and oxygen atoms in total. The number of hydrogen-bond donors (Lipinski definition) is 1. The predicted octanol–water partition coefficient (Wildman–Crippen LogP) is 3.26. The lowest BCUT2D eigenvalue weighted by molar-refractivity contribution is -0.137. The van der Waals surface area contributed by atoms with E-state index in [1.807, 2.05) is 41.3 Å². The molecule has 31 heavy (non-hydrogen) atoms. The molecule has 3 heterocycles. The third-order valence-electron chi connectivity index (χ3n) is 6.53. The number of piperazine rings is 1. The molecule has 2 fully saturated rings. The fraction of sp³-hybridized carbons (Fsp3) is 0.417. The number of aromatic nitrogens is 2. The molecule has 0 atom stereocenters. The van der Waals surface area contributed by atoms with Gasteiger partial charge in [-0.1, -0.05) is 12.1 Å². The van der Waals surface area contributed by atoms with Crippen molar-refractivity contribution < 1.29 is 9.18 Å². The van der Waals surface area contributed by atoms with E-state index in [2.05, 4.69) is 19.8 Å². The number of rotatable bonds is 4. The van der Waals surface area contributed by atoms with Crippen LogP contribution in [0.25, 0.3) is 11.0 Å². The maximum atomic E-state index is 13.1. The Bertz CT molecular complexity index is 1000. The first-order chi connectivity index (χ1) is 15.2. The first kappa shape index (κ1) is 20.0. The van der Waals surface area contributed by atoms with E-state index in [1.54, 1.807) is 0 Å². The number of piperidine rings is 1. The average Bonchev–Trinajstić information content (AvgIpc) is 3.22. The fourth-order valence-electron chi connectivity index (χ4n) is 4.73. The van der Waals surface area contributed by atoms with Crippen molar-refractivity contribution in [3.63, 3.8) is 0 Å². The van der Waals surface area contributed by atoms with Crippen LogP contribution in [-0.4, -0.2) is 64.9 Å². The number of benzene rings is 2. The van der Waals surface area contributed by atoms with Gasteiger partial charge in [-0.05, 0) is 62.3 Å². The highest BCUT2D eigenvalue weighted by Gasteiger charge is 2.30. The normalized spacial score (nSPS) is 18.6. The number of fused-ring (bicyclic) bond motifs is 1. The quantitative estimate of drug-likeness (QED) is 0.703. The molecule has 3 aromatic rings. The zero-order chi connectivity index (χ0) is 21.2. The van der Waals surface area contributed by atoms with Crippen LogP contribution in [0.1, 0.15) is 18.7 Å². The number of likely N-dealkylation sites (tertiary alicyclic amines) is 1. The summed E-state index contributed by atoms with van der Waals surface area (Å²) in [4.78, 5) is 27.7. The van der Waals surface area contributed by atoms with Crippen LogP contribution in [-0.2, 0) is 11.3 Å². The number of amides is 1. The molecule has 1 N–H and O–H groups in total. The van der Waals surface area contributed by atoms with Gasteiger partial charge in [0.25, 0.3) is 0 Å². The van der Waals surface area contributed by atoms with Crippen molar-refractivity contribution in [2.75, 3.05) is 44.2 Å². The summed E-state index contributed by atoms with van der Waals surface area (Å²) in [7, 11) is 0. The summed E-state index contributed by atoms with van der Waals surface area (Å²) in [5, 5.41) is 0. The van der Waals surface area contributed by atoms with E-state index in [0.717, 1.165) is 81.2 Å². The van der Waals surface area contributed by atoms with E-state index < -0.39 is 0 Å². The SMILES string of the molecule is O=C(C1CCN(Cc2nc3ccccc3[nH]2)CC1)N1CCN(c2ccc(F)cc2)CC1. The average molecular weight is 422 g/mol. The molecule has 0 spiro atoms. The molecular formula is C24H28FN5O. The summed E-state index contributed by atoms with van der Waals surface area (Å²) in [5.41, 5.74) is 3.09. The van der Waals surface area contributed by atoms with Crippen LogP contribution in [0.2, 0.25) is 0 Å². The van der Waals surface area contributed by atoms with Crippen LogP contribution in [0.15, 0.2) is 48.5 Å². The molecule has 2 aliphatic heterocycles. The molecule has 1 aromatic heterocycles. The molecule has 162 valence electrons. The van der Waals surface area contributed by atoms with Gasteiger partial charge in [-0.3, -0.25) is 9.69 Å². The summed E-state index contributed by atoms with van der Waals surface area (Å²) in [6.45, 7) is 5.69. The molecule has 2 aliphatic rings. The van der Waals surface area contributed by atoms with E-state index in [-0.39, 0.29) is 11.7 Å². The lowest BCUT2D eigenvalue weighted by Gasteiger charge is -2.39. The van der Waals surface area contributed by atoms with Crippen LogP contribution >= 0.6 is 0 Å². The Kier molecular flexibility index (Phi) is 5.59. The summed E-state index contributed by atoms with van der Waals surface area (Å²) in [5.74, 6) is 1.18. The van der Waals surface area contributed by atoms with Crippen LogP contribution in [0.5, 0.6) is 0 Å². The number of carbonyl (C=O) groups is 1. The molecule has 5 rings (SSSR count). The van der Waals surface area contributed by atoms with Gasteiger partial charge < -0.3 is 14.8 Å². The second-order valence-electron chi connectivity index (χ2n) is 8.54. The Balaban J connectivity index is 1.10. The van der Waals surface area contributed by atoms with Gasteiger partial charge in [0.2, 0.25) is 5.91 Å². The molecule has 7 heteroatoms. The van der Waals surface area contributed by atoms with E-state index in [1.165, 1.54) is 12.1 Å². The first-order valence-electron chi connectivity index (χ1n) is 11.1. The third kappa shape index (κ3) is 4.42. The molecule has 0 saturated carbocycles. The number of imidazole rings is 1. The highest BCUT2D eigenvalue weighted by atomic mass is 19.1. The number of carbonyl (C=O) groups excluding carboxylic acids is 1. The Morgan fingerprint density at radius 2 is 1.68 bits per heavy atom. The summed E-state index contributed by atoms with van der Waals surface area (Å²) >= 11 is 0. The van der Waals surface area contributed by atoms with Gasteiger partial charge in [-0.15, -0.1) is 0 Å². The van der Waals surface area contributed by atoms with Gasteiger partial charge >= 0.3 is 0 Å². The van der Waals surface area contributed by atoms with Crippen molar-refractivity contribution in [3.8, 4) is 0 Å². The van der Waals surface area contributed by atoms with Gasteiger partial charge in [0, 0.05) is 37.8 Å². The number of hydrogen-bond acceptors (Lipinski definition) is 4. The molecule has 0 radical (unpaired) electrons. The number of anilines is 1. The van der Waals surface area contributed by atoms with Crippen molar-refractivity contribution in [2.24, 2.45) is 5.92 Å². The number of nitrogens with one attached hydrogen (secondary N) is 1. The first-order valence-corrected chi connectivity index (χ1v) is 11.1. The van der Waals surface area contributed by atoms with Gasteiger partial charge in [0.05, 0.1) is 17.6 Å². The van der Waals surface area contributed by atoms with Gasteiger partial charge in [-0.2, -0.15) is 0 Å². The maximum absolute atomic E-state index is 13.1. The summed E-state index contributed by atoms with van der Waals surface area (Å²) < 4.78 is 13.1. The minimum Gasteiger partial charge on any atom is -0.368 e. The zero-order valence-corrected chi connectivity index (χ0v) is 17.6. The Morgan fingerprint density at radius 3 is 2.39 bits per heavy atom. The minimum atomic E-state index is -0.218. The number of H-pyrrole nitrogens is 1. The number of halogens is 1. The predicted molar refractivity (Wildman–Crippen MR) is 119 cm³/mol. The second-order valence-corrected chi connectivity index (χ2v) is 8.54. The minimum absolute atomic E-state index is 0.115.